The molecule has 118 valence electrons. The molecule has 0 radical (unpaired) electrons. The van der Waals surface area contributed by atoms with Crippen molar-refractivity contribution in [3.8, 4) is 0 Å². The Kier molecular flexibility index (Phi) is 6.00. The molecule has 0 aliphatic carbocycles. The Balaban J connectivity index is 2.20. The van der Waals surface area contributed by atoms with E-state index in [4.69, 9.17) is 5.11 Å². The molecular weight excluding hydrogens is 267 g/mol. The standard InChI is InChI=1S/C17H27FN2O/c1-13(2)19-12-14-6-3-9-16(18)17(14)20-10-4-7-15(20)8-5-11-21/h3,6,9,13,15,19,21H,4-5,7-8,10-12H2,1-2H3. The maximum Gasteiger partial charge on any atom is 0.146 e. The summed E-state index contributed by atoms with van der Waals surface area (Å²) in [6.45, 7) is 6.00. The fourth-order valence-corrected chi connectivity index (χ4v) is 3.10. The number of aliphatic hydroxyl groups excluding tert-OH is 1. The van der Waals surface area contributed by atoms with Crippen molar-refractivity contribution in [1.29, 1.82) is 0 Å². The highest BCUT2D eigenvalue weighted by molar-refractivity contribution is 5.56. The van der Waals surface area contributed by atoms with Gasteiger partial charge in [0.15, 0.2) is 0 Å². The van der Waals surface area contributed by atoms with Crippen molar-refractivity contribution in [3.05, 3.63) is 29.6 Å². The lowest BCUT2D eigenvalue weighted by Gasteiger charge is -2.29. The SMILES string of the molecule is CC(C)NCc1cccc(F)c1N1CCCC1CCCO. The van der Waals surface area contributed by atoms with E-state index in [1.165, 1.54) is 0 Å². The van der Waals surface area contributed by atoms with E-state index >= 15 is 0 Å². The molecule has 4 heteroatoms. The topological polar surface area (TPSA) is 35.5 Å². The molecule has 1 heterocycles. The quantitative estimate of drug-likeness (QED) is 0.811. The van der Waals surface area contributed by atoms with Crippen molar-refractivity contribution < 1.29 is 9.50 Å². The molecule has 3 nitrogen and oxygen atoms in total. The molecule has 1 fully saturated rings. The number of aliphatic hydroxyl groups is 1. The van der Waals surface area contributed by atoms with Gasteiger partial charge in [-0.25, -0.2) is 4.39 Å². The molecule has 1 atom stereocenters. The van der Waals surface area contributed by atoms with Gasteiger partial charge in [-0.1, -0.05) is 26.0 Å². The fourth-order valence-electron chi connectivity index (χ4n) is 3.10. The van der Waals surface area contributed by atoms with Gasteiger partial charge in [0.2, 0.25) is 0 Å². The van der Waals surface area contributed by atoms with Gasteiger partial charge in [-0.05, 0) is 37.3 Å². The van der Waals surface area contributed by atoms with Gasteiger partial charge in [-0.3, -0.25) is 0 Å². The Bertz CT molecular complexity index is 450. The van der Waals surface area contributed by atoms with E-state index in [1.54, 1.807) is 12.1 Å². The van der Waals surface area contributed by atoms with Crippen molar-refractivity contribution in [2.75, 3.05) is 18.1 Å². The zero-order valence-corrected chi connectivity index (χ0v) is 13.1. The summed E-state index contributed by atoms with van der Waals surface area (Å²) >= 11 is 0. The molecule has 1 unspecified atom stereocenters. The van der Waals surface area contributed by atoms with Gasteiger partial charge in [0.25, 0.3) is 0 Å². The first-order valence-corrected chi connectivity index (χ1v) is 8.01. The Hall–Kier alpha value is -1.13. The van der Waals surface area contributed by atoms with Gasteiger partial charge >= 0.3 is 0 Å². The third-order valence-corrected chi connectivity index (χ3v) is 4.13. The number of anilines is 1. The van der Waals surface area contributed by atoms with E-state index in [2.05, 4.69) is 24.1 Å². The lowest BCUT2D eigenvalue weighted by atomic mass is 10.1. The van der Waals surface area contributed by atoms with Crippen LogP contribution in [0.3, 0.4) is 0 Å². The molecule has 0 saturated carbocycles. The Morgan fingerprint density at radius 2 is 2.24 bits per heavy atom. The molecule has 0 aromatic heterocycles. The largest absolute Gasteiger partial charge is 0.396 e. The molecule has 0 bridgehead atoms. The summed E-state index contributed by atoms with van der Waals surface area (Å²) < 4.78 is 14.4. The summed E-state index contributed by atoms with van der Waals surface area (Å²) in [5.41, 5.74) is 1.78. The molecular formula is C17H27FN2O. The number of para-hydroxylation sites is 1. The van der Waals surface area contributed by atoms with E-state index in [-0.39, 0.29) is 12.4 Å². The first kappa shape index (κ1) is 16.2. The van der Waals surface area contributed by atoms with Crippen molar-refractivity contribution in [2.45, 2.75) is 58.2 Å². The lowest BCUT2D eigenvalue weighted by Crippen LogP contribution is -2.32. The molecule has 2 N–H and O–H groups in total. The van der Waals surface area contributed by atoms with Crippen LogP contribution < -0.4 is 10.2 Å². The number of halogens is 1. The van der Waals surface area contributed by atoms with Crippen molar-refractivity contribution in [2.24, 2.45) is 0 Å². The monoisotopic (exact) mass is 294 g/mol. The second-order valence-corrected chi connectivity index (χ2v) is 6.14. The molecule has 1 aromatic carbocycles. The number of hydrogen-bond donors (Lipinski definition) is 2. The molecule has 2 rings (SSSR count). The number of nitrogens with one attached hydrogen (secondary N) is 1. The molecule has 1 aliphatic rings. The fraction of sp³-hybridized carbons (Fsp3) is 0.647. The van der Waals surface area contributed by atoms with Gasteiger partial charge in [0, 0.05) is 31.8 Å². The molecule has 1 aromatic rings. The molecule has 21 heavy (non-hydrogen) atoms. The van der Waals surface area contributed by atoms with Gasteiger partial charge in [0.1, 0.15) is 5.82 Å². The normalized spacial score (nSPS) is 18.7. The Morgan fingerprint density at radius 1 is 1.43 bits per heavy atom. The predicted octanol–water partition coefficient (Wildman–Crippen LogP) is 3.07. The number of nitrogens with zero attached hydrogens (tertiary/aromatic N) is 1. The van der Waals surface area contributed by atoms with E-state index in [9.17, 15) is 4.39 Å². The highest BCUT2D eigenvalue weighted by Crippen LogP contribution is 2.33. The van der Waals surface area contributed by atoms with Gasteiger partial charge in [0.05, 0.1) is 5.69 Å². The van der Waals surface area contributed by atoms with Crippen LogP contribution >= 0.6 is 0 Å². The molecule has 0 spiro atoms. The maximum absolute atomic E-state index is 14.4. The van der Waals surface area contributed by atoms with Crippen LogP contribution in [0, 0.1) is 5.82 Å². The number of benzene rings is 1. The van der Waals surface area contributed by atoms with Crippen LogP contribution in [0.25, 0.3) is 0 Å². The average Bonchev–Trinajstić information content (AvgIpc) is 2.90. The zero-order valence-electron chi connectivity index (χ0n) is 13.1. The van der Waals surface area contributed by atoms with Crippen LogP contribution in [0.4, 0.5) is 10.1 Å². The zero-order chi connectivity index (χ0) is 15.2. The number of rotatable bonds is 7. The highest BCUT2D eigenvalue weighted by atomic mass is 19.1. The lowest BCUT2D eigenvalue weighted by molar-refractivity contribution is 0.279. The molecule has 0 amide bonds. The predicted molar refractivity (Wildman–Crippen MR) is 85.1 cm³/mol. The average molecular weight is 294 g/mol. The van der Waals surface area contributed by atoms with Crippen molar-refractivity contribution in [3.63, 3.8) is 0 Å². The molecule has 1 aliphatic heterocycles. The van der Waals surface area contributed by atoms with Gasteiger partial charge in [-0.2, -0.15) is 0 Å². The van der Waals surface area contributed by atoms with Gasteiger partial charge < -0.3 is 15.3 Å². The van der Waals surface area contributed by atoms with Gasteiger partial charge in [-0.15, -0.1) is 0 Å². The Morgan fingerprint density at radius 3 is 2.95 bits per heavy atom. The molecule has 1 saturated heterocycles. The first-order valence-electron chi connectivity index (χ1n) is 8.01. The minimum absolute atomic E-state index is 0.131. The smallest absolute Gasteiger partial charge is 0.146 e. The second kappa shape index (κ2) is 7.76. The van der Waals surface area contributed by atoms with E-state index in [0.717, 1.165) is 43.5 Å². The third kappa shape index (κ3) is 4.17. The first-order chi connectivity index (χ1) is 10.1. The third-order valence-electron chi connectivity index (χ3n) is 4.13. The summed E-state index contributed by atoms with van der Waals surface area (Å²) in [6, 6.07) is 6.08. The van der Waals surface area contributed by atoms with Crippen molar-refractivity contribution >= 4 is 5.69 Å². The van der Waals surface area contributed by atoms with E-state index in [1.807, 2.05) is 6.07 Å². The van der Waals surface area contributed by atoms with Crippen LogP contribution in [-0.4, -0.2) is 30.3 Å². The van der Waals surface area contributed by atoms with Crippen LogP contribution in [0.1, 0.15) is 45.1 Å². The maximum atomic E-state index is 14.4. The number of hydrogen-bond acceptors (Lipinski definition) is 3. The minimum atomic E-state index is -0.131. The van der Waals surface area contributed by atoms with Crippen molar-refractivity contribution in [1.82, 2.24) is 5.32 Å². The summed E-state index contributed by atoms with van der Waals surface area (Å²) in [6.07, 6.45) is 3.91. The second-order valence-electron chi connectivity index (χ2n) is 6.14. The Labute approximate surface area is 127 Å². The van der Waals surface area contributed by atoms with E-state index in [0.29, 0.717) is 18.6 Å². The highest BCUT2D eigenvalue weighted by Gasteiger charge is 2.27. The van der Waals surface area contributed by atoms with E-state index < -0.39 is 0 Å². The summed E-state index contributed by atoms with van der Waals surface area (Å²) in [4.78, 5) is 2.21. The summed E-state index contributed by atoms with van der Waals surface area (Å²) in [7, 11) is 0. The van der Waals surface area contributed by atoms with Crippen LogP contribution in [-0.2, 0) is 6.54 Å². The summed E-state index contributed by atoms with van der Waals surface area (Å²) in [5, 5.41) is 12.4. The minimum Gasteiger partial charge on any atom is -0.396 e. The van der Waals surface area contributed by atoms with Crippen LogP contribution in [0.2, 0.25) is 0 Å². The van der Waals surface area contributed by atoms with Crippen LogP contribution in [0.15, 0.2) is 18.2 Å². The summed E-state index contributed by atoms with van der Waals surface area (Å²) in [5.74, 6) is -0.131. The van der Waals surface area contributed by atoms with Crippen LogP contribution in [0.5, 0.6) is 0 Å².